The minimum absolute atomic E-state index is 0.0312. The van der Waals surface area contributed by atoms with Crippen LogP contribution in [0.1, 0.15) is 44.9 Å². The van der Waals surface area contributed by atoms with Crippen LogP contribution in [-0.2, 0) is 6.42 Å². The summed E-state index contributed by atoms with van der Waals surface area (Å²) in [5.41, 5.74) is 1.22. The van der Waals surface area contributed by atoms with Crippen molar-refractivity contribution < 1.29 is 4.79 Å². The lowest BCUT2D eigenvalue weighted by molar-refractivity contribution is 0.0944. The second-order valence-corrected chi connectivity index (χ2v) is 6.40. The van der Waals surface area contributed by atoms with Gasteiger partial charge in [-0.05, 0) is 43.3 Å². The summed E-state index contributed by atoms with van der Waals surface area (Å²) in [4.78, 5) is 15.4. The molecule has 0 bridgehead atoms. The first kappa shape index (κ1) is 13.3. The molecule has 1 amide bonds. The smallest absolute Gasteiger partial charge is 0.261 e. The number of carbonyl (C=O) groups is 1. The van der Waals surface area contributed by atoms with E-state index in [-0.39, 0.29) is 11.9 Å². The molecule has 2 aromatic heterocycles. The van der Waals surface area contributed by atoms with Crippen LogP contribution in [-0.4, -0.2) is 5.91 Å². The molecule has 0 saturated heterocycles. The van der Waals surface area contributed by atoms with Crippen LogP contribution in [0.15, 0.2) is 23.6 Å². The molecule has 0 aliphatic carbocycles. The Morgan fingerprint density at radius 1 is 1.50 bits per heavy atom. The van der Waals surface area contributed by atoms with Gasteiger partial charge in [0.15, 0.2) is 0 Å². The summed E-state index contributed by atoms with van der Waals surface area (Å²) in [7, 11) is 0. The largest absolute Gasteiger partial charge is 0.344 e. The lowest BCUT2D eigenvalue weighted by Crippen LogP contribution is -2.25. The van der Waals surface area contributed by atoms with Gasteiger partial charge in [-0.2, -0.15) is 0 Å². The second kappa shape index (κ2) is 5.67. The first-order chi connectivity index (χ1) is 8.61. The Morgan fingerprint density at radius 3 is 2.83 bits per heavy atom. The molecule has 0 fully saturated rings. The molecule has 96 valence electrons. The van der Waals surface area contributed by atoms with E-state index < -0.39 is 0 Å². The Kier molecular flexibility index (Phi) is 4.19. The molecule has 0 spiro atoms. The maximum Gasteiger partial charge on any atom is 0.261 e. The van der Waals surface area contributed by atoms with Crippen molar-refractivity contribution >= 4 is 28.6 Å². The first-order valence-corrected chi connectivity index (χ1v) is 7.75. The van der Waals surface area contributed by atoms with Gasteiger partial charge in [-0.1, -0.05) is 13.0 Å². The molecule has 1 atom stereocenters. The van der Waals surface area contributed by atoms with E-state index >= 15 is 0 Å². The van der Waals surface area contributed by atoms with E-state index in [4.69, 9.17) is 0 Å². The van der Waals surface area contributed by atoms with Gasteiger partial charge in [-0.3, -0.25) is 4.79 Å². The summed E-state index contributed by atoms with van der Waals surface area (Å²) in [6.45, 7) is 6.20. The summed E-state index contributed by atoms with van der Waals surface area (Å²) < 4.78 is 0. The second-order valence-electron chi connectivity index (χ2n) is 4.28. The fourth-order valence-electron chi connectivity index (χ4n) is 1.86. The monoisotopic (exact) mass is 279 g/mol. The average Bonchev–Trinajstić information content (AvgIpc) is 2.97. The SMILES string of the molecule is CCc1sc(C(=O)NC(C)c2cccs2)cc1C. The predicted molar refractivity (Wildman–Crippen MR) is 78.6 cm³/mol. The zero-order valence-corrected chi connectivity index (χ0v) is 12.5. The van der Waals surface area contributed by atoms with Gasteiger partial charge in [0.05, 0.1) is 10.9 Å². The van der Waals surface area contributed by atoms with Crippen molar-refractivity contribution in [3.63, 3.8) is 0 Å². The minimum atomic E-state index is 0.0312. The van der Waals surface area contributed by atoms with E-state index in [1.807, 2.05) is 30.5 Å². The molecule has 2 nitrogen and oxygen atoms in total. The van der Waals surface area contributed by atoms with Crippen molar-refractivity contribution in [2.24, 2.45) is 0 Å². The summed E-state index contributed by atoms with van der Waals surface area (Å²) in [5.74, 6) is 0.0312. The third-order valence-corrected chi connectivity index (χ3v) is 5.32. The number of thiophene rings is 2. The van der Waals surface area contributed by atoms with Crippen molar-refractivity contribution in [2.75, 3.05) is 0 Å². The van der Waals surface area contributed by atoms with E-state index in [9.17, 15) is 4.79 Å². The van der Waals surface area contributed by atoms with Gasteiger partial charge in [-0.15, -0.1) is 22.7 Å². The number of amides is 1. The molecular formula is C14H17NOS2. The molecule has 2 heterocycles. The average molecular weight is 279 g/mol. The van der Waals surface area contributed by atoms with E-state index in [1.165, 1.54) is 15.3 Å². The van der Waals surface area contributed by atoms with Crippen molar-refractivity contribution in [3.05, 3.63) is 43.8 Å². The summed E-state index contributed by atoms with van der Waals surface area (Å²) in [5, 5.41) is 5.08. The van der Waals surface area contributed by atoms with Crippen molar-refractivity contribution in [1.29, 1.82) is 0 Å². The normalized spacial score (nSPS) is 12.4. The molecule has 18 heavy (non-hydrogen) atoms. The molecule has 0 aliphatic heterocycles. The van der Waals surface area contributed by atoms with Gasteiger partial charge in [0.2, 0.25) is 0 Å². The van der Waals surface area contributed by atoms with Crippen LogP contribution in [0.25, 0.3) is 0 Å². The molecule has 1 unspecified atom stereocenters. The molecule has 0 radical (unpaired) electrons. The zero-order valence-electron chi connectivity index (χ0n) is 10.8. The lowest BCUT2D eigenvalue weighted by atomic mass is 10.2. The Hall–Kier alpha value is -1.13. The van der Waals surface area contributed by atoms with Crippen LogP contribution in [0, 0.1) is 6.92 Å². The first-order valence-electron chi connectivity index (χ1n) is 6.05. The third kappa shape index (κ3) is 2.82. The molecule has 2 rings (SSSR count). The number of rotatable bonds is 4. The highest BCUT2D eigenvalue weighted by molar-refractivity contribution is 7.14. The van der Waals surface area contributed by atoms with Gasteiger partial charge >= 0.3 is 0 Å². The van der Waals surface area contributed by atoms with E-state index in [0.29, 0.717) is 0 Å². The molecule has 4 heteroatoms. The van der Waals surface area contributed by atoms with Gasteiger partial charge in [0, 0.05) is 9.75 Å². The highest BCUT2D eigenvalue weighted by atomic mass is 32.1. The van der Waals surface area contributed by atoms with Crippen LogP contribution < -0.4 is 5.32 Å². The van der Waals surface area contributed by atoms with Crippen molar-refractivity contribution in [3.8, 4) is 0 Å². The number of hydrogen-bond acceptors (Lipinski definition) is 3. The predicted octanol–water partition coefficient (Wildman–Crippen LogP) is 4.17. The molecule has 1 N–H and O–H groups in total. The van der Waals surface area contributed by atoms with Crippen LogP contribution in [0.5, 0.6) is 0 Å². The van der Waals surface area contributed by atoms with Gasteiger partial charge in [0.1, 0.15) is 0 Å². The van der Waals surface area contributed by atoms with Crippen LogP contribution in [0.4, 0.5) is 0 Å². The Morgan fingerprint density at radius 2 is 2.28 bits per heavy atom. The quantitative estimate of drug-likeness (QED) is 0.894. The summed E-state index contributed by atoms with van der Waals surface area (Å²) >= 11 is 3.27. The van der Waals surface area contributed by atoms with Crippen molar-refractivity contribution in [1.82, 2.24) is 5.32 Å². The zero-order chi connectivity index (χ0) is 13.1. The van der Waals surface area contributed by atoms with E-state index in [0.717, 1.165) is 11.3 Å². The fraction of sp³-hybridized carbons (Fsp3) is 0.357. The topological polar surface area (TPSA) is 29.1 Å². The number of hydrogen-bond donors (Lipinski definition) is 1. The fourth-order valence-corrected chi connectivity index (χ4v) is 3.61. The van der Waals surface area contributed by atoms with Crippen molar-refractivity contribution in [2.45, 2.75) is 33.2 Å². The van der Waals surface area contributed by atoms with Gasteiger partial charge < -0.3 is 5.32 Å². The van der Waals surface area contributed by atoms with E-state index in [1.54, 1.807) is 22.7 Å². The van der Waals surface area contributed by atoms with Crippen LogP contribution in [0.2, 0.25) is 0 Å². The maximum atomic E-state index is 12.1. The summed E-state index contributed by atoms with van der Waals surface area (Å²) in [6.07, 6.45) is 0.990. The lowest BCUT2D eigenvalue weighted by Gasteiger charge is -2.10. The number of nitrogens with one attached hydrogen (secondary N) is 1. The van der Waals surface area contributed by atoms with Crippen LogP contribution in [0.3, 0.4) is 0 Å². The van der Waals surface area contributed by atoms with Gasteiger partial charge in [0.25, 0.3) is 5.91 Å². The maximum absolute atomic E-state index is 12.1. The standard InChI is InChI=1S/C14H17NOS2/c1-4-11-9(2)8-13(18-11)14(16)15-10(3)12-6-5-7-17-12/h5-8,10H,4H2,1-3H3,(H,15,16). The minimum Gasteiger partial charge on any atom is -0.344 e. The highest BCUT2D eigenvalue weighted by Crippen LogP contribution is 2.24. The third-order valence-electron chi connectivity index (χ3n) is 2.88. The Bertz CT molecular complexity index is 528. The number of aryl methyl sites for hydroxylation is 2. The highest BCUT2D eigenvalue weighted by Gasteiger charge is 2.15. The van der Waals surface area contributed by atoms with Gasteiger partial charge in [-0.25, -0.2) is 0 Å². The molecule has 0 aromatic carbocycles. The number of carbonyl (C=O) groups excluding carboxylic acids is 1. The Balaban J connectivity index is 2.07. The van der Waals surface area contributed by atoms with Crippen LogP contribution >= 0.6 is 22.7 Å². The molecule has 2 aromatic rings. The molecule has 0 saturated carbocycles. The summed E-state index contributed by atoms with van der Waals surface area (Å²) in [6, 6.07) is 6.12. The molecular weight excluding hydrogens is 262 g/mol. The Labute approximate surface area is 116 Å². The molecule has 0 aliphatic rings. The van der Waals surface area contributed by atoms with E-state index in [2.05, 4.69) is 19.2 Å².